The van der Waals surface area contributed by atoms with Crippen LogP contribution in [0.1, 0.15) is 10.5 Å². The number of hydrogen-bond acceptors (Lipinski definition) is 4. The Kier molecular flexibility index (Phi) is 3.60. The van der Waals surface area contributed by atoms with Crippen molar-refractivity contribution < 1.29 is 4.79 Å². The zero-order valence-electron chi connectivity index (χ0n) is 9.45. The van der Waals surface area contributed by atoms with Crippen LogP contribution in [0.5, 0.6) is 0 Å². The van der Waals surface area contributed by atoms with Gasteiger partial charge in [0.2, 0.25) is 0 Å². The quantitative estimate of drug-likeness (QED) is 0.667. The molecule has 0 bridgehead atoms. The number of hydrogen-bond donors (Lipinski definition) is 2. The van der Waals surface area contributed by atoms with E-state index in [0.29, 0.717) is 0 Å². The van der Waals surface area contributed by atoms with Gasteiger partial charge in [-0.05, 0) is 12.1 Å². The molecule has 1 aromatic carbocycles. The molecule has 0 saturated carbocycles. The first-order chi connectivity index (χ1) is 8.77. The highest BCUT2D eigenvalue weighted by Crippen LogP contribution is 2.05. The third-order valence-electron chi connectivity index (χ3n) is 2.14. The molecule has 18 heavy (non-hydrogen) atoms. The largest absolute Gasteiger partial charge is 0.364 e. The van der Waals surface area contributed by atoms with Crippen molar-refractivity contribution in [1.29, 1.82) is 0 Å². The standard InChI is InChI=1S/C7H6N2.C5H5N3O/c1-2-4-7-6(3-1)8-5-9-7;6-5(9)4-3-7-1-2-8-4/h1-5H,(H,8,9);1-3H,(H2,6,9). The van der Waals surface area contributed by atoms with Crippen molar-refractivity contribution in [2.75, 3.05) is 0 Å². The number of carbonyl (C=O) groups excluding carboxylic acids is 1. The van der Waals surface area contributed by atoms with Gasteiger partial charge in [0.15, 0.2) is 0 Å². The predicted molar refractivity (Wildman–Crippen MR) is 66.6 cm³/mol. The number of para-hydroxylation sites is 2. The van der Waals surface area contributed by atoms with Gasteiger partial charge in [0.1, 0.15) is 5.69 Å². The Balaban J connectivity index is 0.000000134. The van der Waals surface area contributed by atoms with Gasteiger partial charge in [0, 0.05) is 12.4 Å². The van der Waals surface area contributed by atoms with Gasteiger partial charge in [0.05, 0.1) is 23.6 Å². The topological polar surface area (TPSA) is 97.5 Å². The average molecular weight is 241 g/mol. The van der Waals surface area contributed by atoms with Gasteiger partial charge in [0.25, 0.3) is 5.91 Å². The number of nitrogens with zero attached hydrogens (tertiary/aromatic N) is 3. The summed E-state index contributed by atoms with van der Waals surface area (Å²) in [5.74, 6) is -0.553. The number of fused-ring (bicyclic) bond motifs is 1. The first kappa shape index (κ1) is 11.7. The number of carbonyl (C=O) groups is 1. The first-order valence-electron chi connectivity index (χ1n) is 5.21. The fourth-order valence-electron chi connectivity index (χ4n) is 1.31. The summed E-state index contributed by atoms with van der Waals surface area (Å²) in [5.41, 5.74) is 7.18. The fraction of sp³-hybridized carbons (Fsp3) is 0. The predicted octanol–water partition coefficient (Wildman–Crippen LogP) is 1.14. The first-order valence-corrected chi connectivity index (χ1v) is 5.21. The Labute approximate surface area is 103 Å². The van der Waals surface area contributed by atoms with Crippen LogP contribution in [0.4, 0.5) is 0 Å². The Morgan fingerprint density at radius 1 is 1.17 bits per heavy atom. The summed E-state index contributed by atoms with van der Waals surface area (Å²) in [6.45, 7) is 0. The SMILES string of the molecule is NC(=O)c1cnccn1.c1ccc2[nH]cnc2c1. The molecule has 0 aliphatic heterocycles. The molecule has 0 atom stereocenters. The lowest BCUT2D eigenvalue weighted by Gasteiger charge is -1.87. The normalized spacial score (nSPS) is 9.56. The number of rotatable bonds is 1. The Morgan fingerprint density at radius 2 is 2.00 bits per heavy atom. The van der Waals surface area contributed by atoms with E-state index in [0.717, 1.165) is 11.0 Å². The van der Waals surface area contributed by atoms with Gasteiger partial charge in [-0.3, -0.25) is 9.78 Å². The van der Waals surface area contributed by atoms with Crippen molar-refractivity contribution in [3.05, 3.63) is 54.9 Å². The highest BCUT2D eigenvalue weighted by atomic mass is 16.1. The molecular weight excluding hydrogens is 230 g/mol. The van der Waals surface area contributed by atoms with Crippen LogP contribution >= 0.6 is 0 Å². The Hall–Kier alpha value is -2.76. The Bertz CT molecular complexity index is 605. The third-order valence-corrected chi connectivity index (χ3v) is 2.14. The number of aromatic nitrogens is 4. The second-order valence-corrected chi connectivity index (χ2v) is 3.37. The molecule has 0 unspecified atom stereocenters. The van der Waals surface area contributed by atoms with E-state index in [2.05, 4.69) is 19.9 Å². The molecule has 1 amide bonds. The molecule has 0 spiro atoms. The number of benzene rings is 1. The lowest BCUT2D eigenvalue weighted by molar-refractivity contribution is 0.0995. The minimum atomic E-state index is -0.553. The zero-order chi connectivity index (χ0) is 12.8. The van der Waals surface area contributed by atoms with E-state index in [-0.39, 0.29) is 5.69 Å². The lowest BCUT2D eigenvalue weighted by Crippen LogP contribution is -2.12. The summed E-state index contributed by atoms with van der Waals surface area (Å²) in [6, 6.07) is 7.94. The number of nitrogens with one attached hydrogen (secondary N) is 1. The molecule has 3 N–H and O–H groups in total. The number of imidazole rings is 1. The summed E-state index contributed by atoms with van der Waals surface area (Å²) in [5, 5.41) is 0. The van der Waals surface area contributed by atoms with E-state index in [4.69, 9.17) is 5.73 Å². The van der Waals surface area contributed by atoms with E-state index in [1.54, 1.807) is 6.33 Å². The van der Waals surface area contributed by atoms with Crippen LogP contribution in [0.25, 0.3) is 11.0 Å². The maximum atomic E-state index is 10.3. The zero-order valence-corrected chi connectivity index (χ0v) is 9.45. The van der Waals surface area contributed by atoms with Crippen LogP contribution in [0, 0.1) is 0 Å². The lowest BCUT2D eigenvalue weighted by atomic mass is 10.3. The van der Waals surface area contributed by atoms with Crippen LogP contribution in [-0.2, 0) is 0 Å². The molecule has 90 valence electrons. The summed E-state index contributed by atoms with van der Waals surface area (Å²) in [4.78, 5) is 24.7. The van der Waals surface area contributed by atoms with Crippen molar-refractivity contribution in [3.8, 4) is 0 Å². The van der Waals surface area contributed by atoms with Crippen LogP contribution in [0.15, 0.2) is 49.2 Å². The van der Waals surface area contributed by atoms with E-state index >= 15 is 0 Å². The molecule has 6 heteroatoms. The van der Waals surface area contributed by atoms with Crippen LogP contribution in [0.2, 0.25) is 0 Å². The fourth-order valence-corrected chi connectivity index (χ4v) is 1.31. The molecule has 3 aromatic rings. The number of primary amides is 1. The molecular formula is C12H11N5O. The van der Waals surface area contributed by atoms with Crippen molar-refractivity contribution in [1.82, 2.24) is 19.9 Å². The van der Waals surface area contributed by atoms with Crippen molar-refractivity contribution in [2.24, 2.45) is 5.73 Å². The highest BCUT2D eigenvalue weighted by Gasteiger charge is 1.97. The van der Waals surface area contributed by atoms with Crippen LogP contribution < -0.4 is 5.73 Å². The van der Waals surface area contributed by atoms with Gasteiger partial charge in [-0.15, -0.1) is 0 Å². The van der Waals surface area contributed by atoms with Crippen LogP contribution in [-0.4, -0.2) is 25.8 Å². The maximum absolute atomic E-state index is 10.3. The second kappa shape index (κ2) is 5.53. The van der Waals surface area contributed by atoms with E-state index in [9.17, 15) is 4.79 Å². The van der Waals surface area contributed by atoms with Gasteiger partial charge in [-0.1, -0.05) is 12.1 Å². The molecule has 0 aliphatic carbocycles. The number of nitrogens with two attached hydrogens (primary N) is 1. The highest BCUT2D eigenvalue weighted by molar-refractivity contribution is 5.90. The van der Waals surface area contributed by atoms with Crippen molar-refractivity contribution >= 4 is 16.9 Å². The second-order valence-electron chi connectivity index (χ2n) is 3.37. The third kappa shape index (κ3) is 2.88. The van der Waals surface area contributed by atoms with E-state index in [1.165, 1.54) is 18.6 Å². The molecule has 0 fully saturated rings. The van der Waals surface area contributed by atoms with Crippen molar-refractivity contribution in [3.63, 3.8) is 0 Å². The maximum Gasteiger partial charge on any atom is 0.268 e. The molecule has 6 nitrogen and oxygen atoms in total. The molecule has 0 radical (unpaired) electrons. The molecule has 0 saturated heterocycles. The van der Waals surface area contributed by atoms with Gasteiger partial charge < -0.3 is 10.7 Å². The van der Waals surface area contributed by atoms with Gasteiger partial charge in [-0.25, -0.2) is 9.97 Å². The van der Waals surface area contributed by atoms with Crippen molar-refractivity contribution in [2.45, 2.75) is 0 Å². The summed E-state index contributed by atoms with van der Waals surface area (Å²) < 4.78 is 0. The van der Waals surface area contributed by atoms with E-state index < -0.39 is 5.91 Å². The van der Waals surface area contributed by atoms with Gasteiger partial charge >= 0.3 is 0 Å². The van der Waals surface area contributed by atoms with E-state index in [1.807, 2.05) is 24.3 Å². The Morgan fingerprint density at radius 3 is 2.61 bits per heavy atom. The number of H-pyrrole nitrogens is 1. The minimum Gasteiger partial charge on any atom is -0.364 e. The van der Waals surface area contributed by atoms with Crippen LogP contribution in [0.3, 0.4) is 0 Å². The molecule has 2 aromatic heterocycles. The number of amides is 1. The summed E-state index contributed by atoms with van der Waals surface area (Å²) in [6.07, 6.45) is 5.92. The minimum absolute atomic E-state index is 0.192. The average Bonchev–Trinajstić information content (AvgIpc) is 2.89. The molecule has 2 heterocycles. The smallest absolute Gasteiger partial charge is 0.268 e. The monoisotopic (exact) mass is 241 g/mol. The number of aromatic amines is 1. The summed E-state index contributed by atoms with van der Waals surface area (Å²) in [7, 11) is 0. The van der Waals surface area contributed by atoms with Gasteiger partial charge in [-0.2, -0.15) is 0 Å². The summed E-state index contributed by atoms with van der Waals surface area (Å²) >= 11 is 0. The molecule has 0 aliphatic rings. The molecule has 3 rings (SSSR count).